The maximum Gasteiger partial charge on any atom is 0.0691 e. The summed E-state index contributed by atoms with van der Waals surface area (Å²) < 4.78 is 1.96. The zero-order valence-electron chi connectivity index (χ0n) is 12.7. The van der Waals surface area contributed by atoms with Gasteiger partial charge in [-0.3, -0.25) is 4.68 Å². The Bertz CT molecular complexity index is 614. The Kier molecular flexibility index (Phi) is 5.31. The minimum atomic E-state index is 0.170. The number of hydrogen-bond acceptors (Lipinski definition) is 2. The second-order valence-electron chi connectivity index (χ2n) is 5.38. The molecule has 3 nitrogen and oxygen atoms in total. The van der Waals surface area contributed by atoms with Crippen molar-refractivity contribution in [1.82, 2.24) is 9.78 Å². The summed E-state index contributed by atoms with van der Waals surface area (Å²) in [7, 11) is 0. The summed E-state index contributed by atoms with van der Waals surface area (Å²) in [5.41, 5.74) is 10.4. The first-order valence-electron chi connectivity index (χ1n) is 7.15. The highest BCUT2D eigenvalue weighted by Gasteiger charge is 2.15. The van der Waals surface area contributed by atoms with E-state index in [4.69, 9.17) is 28.9 Å². The molecule has 5 heteroatoms. The molecule has 1 atom stereocenters. The van der Waals surface area contributed by atoms with Crippen molar-refractivity contribution in [2.24, 2.45) is 5.73 Å². The zero-order valence-corrected chi connectivity index (χ0v) is 14.2. The van der Waals surface area contributed by atoms with E-state index >= 15 is 0 Å². The molecule has 21 heavy (non-hydrogen) atoms. The molecule has 0 saturated heterocycles. The fraction of sp³-hybridized carbons (Fsp3) is 0.438. The van der Waals surface area contributed by atoms with Crippen molar-refractivity contribution in [2.75, 3.05) is 0 Å². The van der Waals surface area contributed by atoms with Crippen LogP contribution in [-0.4, -0.2) is 15.8 Å². The fourth-order valence-corrected chi connectivity index (χ4v) is 2.94. The average molecular weight is 326 g/mol. The van der Waals surface area contributed by atoms with E-state index in [0.29, 0.717) is 16.6 Å². The number of nitrogens with zero attached hydrogens (tertiary/aromatic N) is 2. The lowest BCUT2D eigenvalue weighted by atomic mass is 10.0. The van der Waals surface area contributed by atoms with Gasteiger partial charge in [-0.1, -0.05) is 36.2 Å². The van der Waals surface area contributed by atoms with Crippen molar-refractivity contribution in [3.63, 3.8) is 0 Å². The molecule has 0 bridgehead atoms. The number of aromatic nitrogens is 2. The summed E-state index contributed by atoms with van der Waals surface area (Å²) in [6.07, 6.45) is 1.81. The van der Waals surface area contributed by atoms with Gasteiger partial charge in [0.25, 0.3) is 0 Å². The molecule has 0 radical (unpaired) electrons. The quantitative estimate of drug-likeness (QED) is 0.897. The molecule has 2 rings (SSSR count). The number of aryl methyl sites for hydroxylation is 1. The van der Waals surface area contributed by atoms with Gasteiger partial charge in [-0.05, 0) is 44.4 Å². The molecule has 0 amide bonds. The van der Waals surface area contributed by atoms with Crippen LogP contribution in [0.15, 0.2) is 18.2 Å². The predicted molar refractivity (Wildman–Crippen MR) is 89.2 cm³/mol. The first-order valence-corrected chi connectivity index (χ1v) is 7.91. The van der Waals surface area contributed by atoms with Crippen molar-refractivity contribution < 1.29 is 0 Å². The van der Waals surface area contributed by atoms with Gasteiger partial charge in [-0.15, -0.1) is 0 Å². The van der Waals surface area contributed by atoms with E-state index < -0.39 is 0 Å². The van der Waals surface area contributed by atoms with Crippen LogP contribution in [0.3, 0.4) is 0 Å². The second-order valence-corrected chi connectivity index (χ2v) is 6.19. The average Bonchev–Trinajstić information content (AvgIpc) is 2.70. The normalized spacial score (nSPS) is 12.7. The van der Waals surface area contributed by atoms with E-state index in [2.05, 4.69) is 18.9 Å². The molecule has 1 unspecified atom stereocenters. The van der Waals surface area contributed by atoms with Gasteiger partial charge in [0, 0.05) is 27.3 Å². The third-order valence-electron chi connectivity index (χ3n) is 3.89. The van der Waals surface area contributed by atoms with Gasteiger partial charge in [0.2, 0.25) is 0 Å². The summed E-state index contributed by atoms with van der Waals surface area (Å²) in [4.78, 5) is 0. The van der Waals surface area contributed by atoms with Crippen LogP contribution >= 0.6 is 23.2 Å². The van der Waals surface area contributed by atoms with E-state index in [1.807, 2.05) is 29.8 Å². The summed E-state index contributed by atoms with van der Waals surface area (Å²) in [6.45, 7) is 6.77. The minimum Gasteiger partial charge on any atom is -0.327 e. The maximum absolute atomic E-state index is 6.24. The number of halogens is 2. The van der Waals surface area contributed by atoms with Crippen LogP contribution in [0.4, 0.5) is 0 Å². The van der Waals surface area contributed by atoms with Crippen LogP contribution in [-0.2, 0) is 13.0 Å². The molecule has 1 aromatic heterocycles. The second kappa shape index (κ2) is 6.82. The van der Waals surface area contributed by atoms with E-state index in [1.165, 1.54) is 5.56 Å². The standard InChI is InChI=1S/C16H21Cl2N3/c1-4-12(19)8-13-10(2)20-21(11(13)3)9-14-15(17)6-5-7-16(14)18/h5-7,12H,4,8-9,19H2,1-3H3. The first kappa shape index (κ1) is 16.3. The van der Waals surface area contributed by atoms with Crippen LogP contribution < -0.4 is 5.73 Å². The number of nitrogens with two attached hydrogens (primary N) is 1. The van der Waals surface area contributed by atoms with Crippen molar-refractivity contribution in [2.45, 2.75) is 46.2 Å². The van der Waals surface area contributed by atoms with Gasteiger partial charge in [0.1, 0.15) is 0 Å². The highest BCUT2D eigenvalue weighted by Crippen LogP contribution is 2.26. The first-order chi connectivity index (χ1) is 9.93. The largest absolute Gasteiger partial charge is 0.327 e. The molecule has 1 heterocycles. The molecule has 0 fully saturated rings. The highest BCUT2D eigenvalue weighted by molar-refractivity contribution is 6.35. The predicted octanol–water partition coefficient (Wildman–Crippen LogP) is 4.13. The molecule has 0 aliphatic heterocycles. The Morgan fingerprint density at radius 2 is 1.81 bits per heavy atom. The van der Waals surface area contributed by atoms with E-state index in [-0.39, 0.29) is 6.04 Å². The molecule has 0 saturated carbocycles. The molecule has 2 N–H and O–H groups in total. The Morgan fingerprint density at radius 3 is 2.38 bits per heavy atom. The van der Waals surface area contributed by atoms with E-state index in [9.17, 15) is 0 Å². The smallest absolute Gasteiger partial charge is 0.0691 e. The number of benzene rings is 1. The van der Waals surface area contributed by atoms with Gasteiger partial charge >= 0.3 is 0 Å². The topological polar surface area (TPSA) is 43.8 Å². The number of rotatable bonds is 5. The highest BCUT2D eigenvalue weighted by atomic mass is 35.5. The maximum atomic E-state index is 6.24. The molecular formula is C16H21Cl2N3. The van der Waals surface area contributed by atoms with Gasteiger partial charge in [0.15, 0.2) is 0 Å². The Labute approximate surface area is 136 Å². The summed E-state index contributed by atoms with van der Waals surface area (Å²) in [6, 6.07) is 5.72. The Hall–Kier alpha value is -1.03. The molecule has 2 aromatic rings. The van der Waals surface area contributed by atoms with Crippen molar-refractivity contribution >= 4 is 23.2 Å². The lowest BCUT2D eigenvalue weighted by Gasteiger charge is -2.11. The molecule has 0 aliphatic rings. The minimum absolute atomic E-state index is 0.170. The number of hydrogen-bond donors (Lipinski definition) is 1. The van der Waals surface area contributed by atoms with Crippen molar-refractivity contribution in [1.29, 1.82) is 0 Å². The molecule has 1 aromatic carbocycles. The monoisotopic (exact) mass is 325 g/mol. The van der Waals surface area contributed by atoms with Crippen LogP contribution in [0.1, 0.15) is 35.9 Å². The Morgan fingerprint density at radius 1 is 1.19 bits per heavy atom. The van der Waals surface area contributed by atoms with E-state index in [1.54, 1.807) is 0 Å². The summed E-state index contributed by atoms with van der Waals surface area (Å²) in [5, 5.41) is 5.96. The lowest BCUT2D eigenvalue weighted by Crippen LogP contribution is -2.22. The van der Waals surface area contributed by atoms with Crippen LogP contribution in [0.25, 0.3) is 0 Å². The molecule has 114 valence electrons. The SMILES string of the molecule is CCC(N)Cc1c(C)nn(Cc2c(Cl)cccc2Cl)c1C. The van der Waals surface area contributed by atoms with Crippen molar-refractivity contribution in [3.05, 3.63) is 50.8 Å². The van der Waals surface area contributed by atoms with Crippen LogP contribution in [0.5, 0.6) is 0 Å². The third kappa shape index (κ3) is 3.60. The molecule has 0 spiro atoms. The fourth-order valence-electron chi connectivity index (χ4n) is 2.42. The van der Waals surface area contributed by atoms with Gasteiger partial charge < -0.3 is 5.73 Å². The lowest BCUT2D eigenvalue weighted by molar-refractivity contribution is 0.636. The Balaban J connectivity index is 2.32. The zero-order chi connectivity index (χ0) is 15.6. The van der Waals surface area contributed by atoms with Gasteiger partial charge in [0.05, 0.1) is 12.2 Å². The van der Waals surface area contributed by atoms with Crippen LogP contribution in [0, 0.1) is 13.8 Å². The third-order valence-corrected chi connectivity index (χ3v) is 4.60. The summed E-state index contributed by atoms with van der Waals surface area (Å²) in [5.74, 6) is 0. The van der Waals surface area contributed by atoms with Gasteiger partial charge in [-0.25, -0.2) is 0 Å². The molecular weight excluding hydrogens is 305 g/mol. The summed E-state index contributed by atoms with van der Waals surface area (Å²) >= 11 is 12.5. The van der Waals surface area contributed by atoms with Crippen LogP contribution in [0.2, 0.25) is 10.0 Å². The van der Waals surface area contributed by atoms with Gasteiger partial charge in [-0.2, -0.15) is 5.10 Å². The van der Waals surface area contributed by atoms with Crippen molar-refractivity contribution in [3.8, 4) is 0 Å². The van der Waals surface area contributed by atoms with E-state index in [0.717, 1.165) is 29.8 Å². The molecule has 0 aliphatic carbocycles.